The monoisotopic (exact) mass is 221 g/mol. The van der Waals surface area contributed by atoms with Crippen molar-refractivity contribution in [1.29, 1.82) is 5.31 Å². The van der Waals surface area contributed by atoms with Crippen molar-refractivity contribution in [1.82, 2.24) is 0 Å². The number of hydrogen-bond acceptors (Lipinski definition) is 3. The zero-order chi connectivity index (χ0) is 11.4. The fourth-order valence-electron chi connectivity index (χ4n) is 3.23. The van der Waals surface area contributed by atoms with Crippen molar-refractivity contribution in [2.75, 3.05) is 0 Å². The summed E-state index contributed by atoms with van der Waals surface area (Å²) in [6.07, 6.45) is 8.73. The summed E-state index contributed by atoms with van der Waals surface area (Å²) in [6.45, 7) is 0. The average molecular weight is 221 g/mol. The van der Waals surface area contributed by atoms with E-state index in [0.717, 1.165) is 57.6 Å². The molecular weight excluding hydrogens is 201 g/mol. The molecule has 2 aliphatic rings. The molecule has 2 saturated carbocycles. The Kier molecular flexibility index (Phi) is 4.13. The molecule has 0 amide bonds. The first-order valence-corrected chi connectivity index (χ1v) is 6.45. The summed E-state index contributed by atoms with van der Waals surface area (Å²) in [7, 11) is 1.07. The summed E-state index contributed by atoms with van der Waals surface area (Å²) >= 11 is 0. The van der Waals surface area contributed by atoms with Gasteiger partial charge in [0.05, 0.1) is 0 Å². The second-order valence-electron chi connectivity index (χ2n) is 5.17. The Morgan fingerprint density at radius 2 is 1.56 bits per heavy atom. The van der Waals surface area contributed by atoms with Crippen molar-refractivity contribution in [3.8, 4) is 0 Å². The summed E-state index contributed by atoms with van der Waals surface area (Å²) in [4.78, 5) is 11.2. The van der Waals surface area contributed by atoms with Crippen LogP contribution in [0.2, 0.25) is 0 Å². The molecule has 0 spiro atoms. The first kappa shape index (κ1) is 11.8. The summed E-state index contributed by atoms with van der Waals surface area (Å²) in [6, 6.07) is 0. The number of rotatable bonds is 3. The maximum atomic E-state index is 11.2. The van der Waals surface area contributed by atoms with Crippen molar-refractivity contribution in [2.24, 2.45) is 11.8 Å². The van der Waals surface area contributed by atoms with Gasteiger partial charge in [-0.1, -0.05) is 0 Å². The number of carbonyl (C=O) groups excluding carboxylic acids is 1. The SMILES string of the molecule is N=BOC1CCC(C2CCC(=O)CC2)CC1. The first-order chi connectivity index (χ1) is 7.79. The van der Waals surface area contributed by atoms with Gasteiger partial charge in [-0.05, 0) is 0 Å². The van der Waals surface area contributed by atoms with E-state index in [1.807, 2.05) is 0 Å². The Labute approximate surface area is 97.7 Å². The van der Waals surface area contributed by atoms with E-state index < -0.39 is 0 Å². The summed E-state index contributed by atoms with van der Waals surface area (Å²) in [5, 5.41) is 6.92. The van der Waals surface area contributed by atoms with Crippen LogP contribution in [-0.4, -0.2) is 19.2 Å². The third kappa shape index (κ3) is 2.93. The summed E-state index contributed by atoms with van der Waals surface area (Å²) < 4.78 is 5.22. The third-order valence-electron chi connectivity index (χ3n) is 4.23. The van der Waals surface area contributed by atoms with Gasteiger partial charge < -0.3 is 0 Å². The molecule has 0 saturated heterocycles. The molecular formula is C12H20BNO2. The molecule has 0 heterocycles. The molecule has 2 aliphatic carbocycles. The van der Waals surface area contributed by atoms with Crippen LogP contribution in [0, 0.1) is 17.1 Å². The van der Waals surface area contributed by atoms with Gasteiger partial charge in [-0.2, -0.15) is 0 Å². The van der Waals surface area contributed by atoms with Gasteiger partial charge in [0.25, 0.3) is 0 Å². The minimum absolute atomic E-state index is 0.277. The maximum absolute atomic E-state index is 11.2. The number of hydrogen-bond donors (Lipinski definition) is 1. The van der Waals surface area contributed by atoms with Crippen molar-refractivity contribution in [2.45, 2.75) is 57.5 Å². The molecule has 0 unspecified atom stereocenters. The van der Waals surface area contributed by atoms with Gasteiger partial charge in [0.2, 0.25) is 0 Å². The van der Waals surface area contributed by atoms with Crippen molar-refractivity contribution >= 4 is 13.1 Å². The van der Waals surface area contributed by atoms with Crippen LogP contribution >= 0.6 is 0 Å². The molecule has 0 atom stereocenters. The Morgan fingerprint density at radius 1 is 1.00 bits per heavy atom. The minimum atomic E-state index is 0.277. The Morgan fingerprint density at radius 3 is 2.12 bits per heavy atom. The van der Waals surface area contributed by atoms with Crippen LogP contribution in [0.25, 0.3) is 0 Å². The van der Waals surface area contributed by atoms with Gasteiger partial charge in [-0.3, -0.25) is 0 Å². The van der Waals surface area contributed by atoms with Crippen LogP contribution in [0.3, 0.4) is 0 Å². The summed E-state index contributed by atoms with van der Waals surface area (Å²) in [5.74, 6) is 2.04. The fraction of sp³-hybridized carbons (Fsp3) is 0.917. The topological polar surface area (TPSA) is 50.1 Å². The van der Waals surface area contributed by atoms with E-state index in [0.29, 0.717) is 5.78 Å². The fourth-order valence-corrected chi connectivity index (χ4v) is 3.23. The quantitative estimate of drug-likeness (QED) is 0.745. The van der Waals surface area contributed by atoms with Crippen LogP contribution < -0.4 is 0 Å². The van der Waals surface area contributed by atoms with Crippen molar-refractivity contribution < 1.29 is 9.45 Å². The molecule has 0 aliphatic heterocycles. The molecule has 16 heavy (non-hydrogen) atoms. The van der Waals surface area contributed by atoms with Crippen LogP contribution in [0.1, 0.15) is 51.4 Å². The molecule has 4 heteroatoms. The van der Waals surface area contributed by atoms with Crippen LogP contribution in [0.15, 0.2) is 0 Å². The zero-order valence-corrected chi connectivity index (χ0v) is 9.78. The van der Waals surface area contributed by atoms with Gasteiger partial charge in [0.1, 0.15) is 0 Å². The number of ketones is 1. The Balaban J connectivity index is 1.76. The number of carbonyl (C=O) groups is 1. The van der Waals surface area contributed by atoms with E-state index in [4.69, 9.17) is 9.97 Å². The molecule has 3 nitrogen and oxygen atoms in total. The van der Waals surface area contributed by atoms with E-state index in [-0.39, 0.29) is 6.10 Å². The normalized spacial score (nSPS) is 32.1. The molecule has 2 rings (SSSR count). The van der Waals surface area contributed by atoms with E-state index in [2.05, 4.69) is 0 Å². The molecule has 0 radical (unpaired) electrons. The van der Waals surface area contributed by atoms with E-state index >= 15 is 0 Å². The second kappa shape index (κ2) is 5.60. The van der Waals surface area contributed by atoms with E-state index in [1.54, 1.807) is 0 Å². The molecule has 2 fully saturated rings. The molecule has 0 bridgehead atoms. The Hall–Kier alpha value is -0.665. The second-order valence-corrected chi connectivity index (χ2v) is 5.17. The molecule has 0 aromatic heterocycles. The van der Waals surface area contributed by atoms with Gasteiger partial charge in [0, 0.05) is 0 Å². The first-order valence-electron chi connectivity index (χ1n) is 6.45. The average Bonchev–Trinajstić information content (AvgIpc) is 2.32. The van der Waals surface area contributed by atoms with Gasteiger partial charge in [-0.15, -0.1) is 0 Å². The molecule has 1 N–H and O–H groups in total. The van der Waals surface area contributed by atoms with Gasteiger partial charge >= 0.3 is 97.1 Å². The van der Waals surface area contributed by atoms with Gasteiger partial charge in [-0.25, -0.2) is 0 Å². The van der Waals surface area contributed by atoms with Crippen LogP contribution in [0.4, 0.5) is 0 Å². The predicted molar refractivity (Wildman–Crippen MR) is 62.3 cm³/mol. The Bertz CT molecular complexity index is 252. The standard InChI is InChI=1S/C12H20BNO2/c14-13-16-12-7-3-10(4-8-12)9-1-5-11(15)6-2-9/h9-10,12,14H,1-8H2. The predicted octanol–water partition coefficient (Wildman–Crippen LogP) is 2.70. The van der Waals surface area contributed by atoms with Crippen molar-refractivity contribution in [3.05, 3.63) is 0 Å². The third-order valence-corrected chi connectivity index (χ3v) is 4.23. The zero-order valence-electron chi connectivity index (χ0n) is 9.78. The number of Topliss-reactive ketones (excluding diaryl/α,β-unsaturated/α-hetero) is 1. The molecule has 88 valence electrons. The van der Waals surface area contributed by atoms with Crippen molar-refractivity contribution in [3.63, 3.8) is 0 Å². The van der Waals surface area contributed by atoms with E-state index in [1.165, 1.54) is 12.8 Å². The van der Waals surface area contributed by atoms with E-state index in [9.17, 15) is 4.79 Å². The number of nitrogens with one attached hydrogen (secondary N) is 1. The van der Waals surface area contributed by atoms with Crippen LogP contribution in [0.5, 0.6) is 0 Å². The van der Waals surface area contributed by atoms with Gasteiger partial charge in [0.15, 0.2) is 0 Å². The molecule has 0 aromatic rings. The molecule has 0 aromatic carbocycles. The summed E-state index contributed by atoms with van der Waals surface area (Å²) in [5.41, 5.74) is 0. The van der Waals surface area contributed by atoms with Crippen LogP contribution in [-0.2, 0) is 9.45 Å².